The SMILES string of the molecule is CC(C)C(=O)NCCNS(=O)(=O)C(C)C. The second kappa shape index (κ2) is 6.07. The molecule has 15 heavy (non-hydrogen) atoms. The first kappa shape index (κ1) is 14.4. The number of carbonyl (C=O) groups is 1. The maximum Gasteiger partial charge on any atom is 0.222 e. The van der Waals surface area contributed by atoms with Crippen LogP contribution in [0.1, 0.15) is 27.7 Å². The topological polar surface area (TPSA) is 75.3 Å². The zero-order valence-corrected chi connectivity index (χ0v) is 10.5. The molecule has 0 saturated carbocycles. The molecule has 90 valence electrons. The lowest BCUT2D eigenvalue weighted by molar-refractivity contribution is -0.123. The van der Waals surface area contributed by atoms with Crippen molar-refractivity contribution < 1.29 is 13.2 Å². The molecule has 0 spiro atoms. The Morgan fingerprint density at radius 2 is 1.67 bits per heavy atom. The summed E-state index contributed by atoms with van der Waals surface area (Å²) < 4.78 is 25.0. The summed E-state index contributed by atoms with van der Waals surface area (Å²) in [7, 11) is -3.22. The van der Waals surface area contributed by atoms with E-state index in [4.69, 9.17) is 0 Å². The van der Waals surface area contributed by atoms with Crippen molar-refractivity contribution in [3.8, 4) is 0 Å². The summed E-state index contributed by atoms with van der Waals surface area (Å²) in [6.45, 7) is 7.34. The predicted molar refractivity (Wildman–Crippen MR) is 59.9 cm³/mol. The highest BCUT2D eigenvalue weighted by Crippen LogP contribution is 1.94. The Labute approximate surface area is 91.7 Å². The van der Waals surface area contributed by atoms with Gasteiger partial charge in [0.1, 0.15) is 0 Å². The number of sulfonamides is 1. The Morgan fingerprint density at radius 1 is 1.13 bits per heavy atom. The monoisotopic (exact) mass is 236 g/mol. The highest BCUT2D eigenvalue weighted by atomic mass is 32.2. The first-order valence-corrected chi connectivity index (χ1v) is 6.58. The van der Waals surface area contributed by atoms with E-state index < -0.39 is 15.3 Å². The van der Waals surface area contributed by atoms with Gasteiger partial charge < -0.3 is 5.32 Å². The standard InChI is InChI=1S/C9H20N2O3S/c1-7(2)9(12)10-5-6-11-15(13,14)8(3)4/h7-8,11H,5-6H2,1-4H3,(H,10,12). The van der Waals surface area contributed by atoms with Gasteiger partial charge in [-0.2, -0.15) is 0 Å². The van der Waals surface area contributed by atoms with E-state index in [9.17, 15) is 13.2 Å². The van der Waals surface area contributed by atoms with Crippen molar-refractivity contribution in [1.29, 1.82) is 0 Å². The van der Waals surface area contributed by atoms with Crippen LogP contribution in [0, 0.1) is 5.92 Å². The maximum atomic E-state index is 11.3. The number of hydrogen-bond donors (Lipinski definition) is 2. The molecule has 0 atom stereocenters. The van der Waals surface area contributed by atoms with Crippen LogP contribution in [-0.2, 0) is 14.8 Å². The minimum atomic E-state index is -3.22. The molecule has 0 bridgehead atoms. The quantitative estimate of drug-likeness (QED) is 0.642. The number of carbonyl (C=O) groups excluding carboxylic acids is 1. The molecule has 0 aromatic carbocycles. The van der Waals surface area contributed by atoms with Crippen molar-refractivity contribution in [2.75, 3.05) is 13.1 Å². The zero-order chi connectivity index (χ0) is 12.1. The molecule has 0 aliphatic carbocycles. The summed E-state index contributed by atoms with van der Waals surface area (Å²) in [5.41, 5.74) is 0. The molecule has 2 N–H and O–H groups in total. The average Bonchev–Trinajstić information content (AvgIpc) is 2.11. The second-order valence-corrected chi connectivity index (χ2v) is 6.26. The summed E-state index contributed by atoms with van der Waals surface area (Å²) in [5, 5.41) is 2.18. The molecular formula is C9H20N2O3S. The van der Waals surface area contributed by atoms with E-state index >= 15 is 0 Å². The van der Waals surface area contributed by atoms with Gasteiger partial charge in [0, 0.05) is 19.0 Å². The fourth-order valence-electron chi connectivity index (χ4n) is 0.750. The van der Waals surface area contributed by atoms with Crippen molar-refractivity contribution in [2.24, 2.45) is 5.92 Å². The van der Waals surface area contributed by atoms with Gasteiger partial charge in [-0.25, -0.2) is 13.1 Å². The minimum Gasteiger partial charge on any atom is -0.355 e. The van der Waals surface area contributed by atoms with E-state index in [1.54, 1.807) is 27.7 Å². The summed E-state index contributed by atoms with van der Waals surface area (Å²) >= 11 is 0. The molecule has 0 fully saturated rings. The van der Waals surface area contributed by atoms with Crippen LogP contribution >= 0.6 is 0 Å². The van der Waals surface area contributed by atoms with Crippen LogP contribution in [0.5, 0.6) is 0 Å². The average molecular weight is 236 g/mol. The summed E-state index contributed by atoms with van der Waals surface area (Å²) in [6.07, 6.45) is 0. The molecule has 0 heterocycles. The third kappa shape index (κ3) is 5.74. The van der Waals surface area contributed by atoms with E-state index in [2.05, 4.69) is 10.0 Å². The normalized spacial score (nSPS) is 12.1. The van der Waals surface area contributed by atoms with Crippen molar-refractivity contribution in [2.45, 2.75) is 32.9 Å². The summed E-state index contributed by atoms with van der Waals surface area (Å²) in [4.78, 5) is 11.1. The van der Waals surface area contributed by atoms with Crippen molar-refractivity contribution in [3.05, 3.63) is 0 Å². The van der Waals surface area contributed by atoms with Crippen LogP contribution in [0.15, 0.2) is 0 Å². The molecule has 5 nitrogen and oxygen atoms in total. The van der Waals surface area contributed by atoms with E-state index in [0.717, 1.165) is 0 Å². The molecule has 1 amide bonds. The lowest BCUT2D eigenvalue weighted by Gasteiger charge is -2.10. The number of hydrogen-bond acceptors (Lipinski definition) is 3. The Morgan fingerprint density at radius 3 is 2.07 bits per heavy atom. The number of nitrogens with one attached hydrogen (secondary N) is 2. The van der Waals surface area contributed by atoms with Crippen molar-refractivity contribution in [3.63, 3.8) is 0 Å². The van der Waals surface area contributed by atoms with Crippen LogP contribution in [0.4, 0.5) is 0 Å². The lowest BCUT2D eigenvalue weighted by Crippen LogP contribution is -2.38. The van der Waals surface area contributed by atoms with Gasteiger partial charge in [0.2, 0.25) is 15.9 Å². The molecule has 0 rings (SSSR count). The van der Waals surface area contributed by atoms with E-state index in [0.29, 0.717) is 6.54 Å². The van der Waals surface area contributed by atoms with Gasteiger partial charge in [-0.1, -0.05) is 13.8 Å². The second-order valence-electron chi connectivity index (χ2n) is 3.93. The highest BCUT2D eigenvalue weighted by Gasteiger charge is 2.14. The van der Waals surface area contributed by atoms with Crippen molar-refractivity contribution in [1.82, 2.24) is 10.0 Å². The molecule has 0 aromatic rings. The van der Waals surface area contributed by atoms with Crippen LogP contribution in [0.25, 0.3) is 0 Å². The summed E-state index contributed by atoms with van der Waals surface area (Å²) in [5.74, 6) is -0.148. The number of rotatable bonds is 6. The molecule has 0 aliphatic heterocycles. The Bertz CT molecular complexity index is 296. The lowest BCUT2D eigenvalue weighted by atomic mass is 10.2. The Kier molecular flexibility index (Phi) is 5.82. The third-order valence-corrected chi connectivity index (χ3v) is 3.72. The van der Waals surface area contributed by atoms with Crippen LogP contribution in [0.2, 0.25) is 0 Å². The molecule has 0 radical (unpaired) electrons. The third-order valence-electron chi connectivity index (χ3n) is 1.87. The molecule has 0 saturated heterocycles. The molecule has 0 unspecified atom stereocenters. The minimum absolute atomic E-state index is 0.0706. The highest BCUT2D eigenvalue weighted by molar-refractivity contribution is 7.90. The fraction of sp³-hybridized carbons (Fsp3) is 0.889. The Hall–Kier alpha value is -0.620. The fourth-order valence-corrected chi connectivity index (χ4v) is 1.47. The molecular weight excluding hydrogens is 216 g/mol. The predicted octanol–water partition coefficient (Wildman–Crippen LogP) is 0.0864. The number of amides is 1. The van der Waals surface area contributed by atoms with Gasteiger partial charge in [0.25, 0.3) is 0 Å². The van der Waals surface area contributed by atoms with Crippen LogP contribution < -0.4 is 10.0 Å². The van der Waals surface area contributed by atoms with E-state index in [1.165, 1.54) is 0 Å². The zero-order valence-electron chi connectivity index (χ0n) is 9.70. The molecule has 0 aromatic heterocycles. The summed E-state index contributed by atoms with van der Waals surface area (Å²) in [6, 6.07) is 0. The van der Waals surface area contributed by atoms with Gasteiger partial charge in [0.05, 0.1) is 5.25 Å². The van der Waals surface area contributed by atoms with Crippen LogP contribution in [-0.4, -0.2) is 32.7 Å². The van der Waals surface area contributed by atoms with Gasteiger partial charge in [0.15, 0.2) is 0 Å². The first-order valence-electron chi connectivity index (χ1n) is 5.03. The smallest absolute Gasteiger partial charge is 0.222 e. The molecule has 0 aliphatic rings. The van der Waals surface area contributed by atoms with Gasteiger partial charge in [-0.3, -0.25) is 4.79 Å². The largest absolute Gasteiger partial charge is 0.355 e. The van der Waals surface area contributed by atoms with Gasteiger partial charge in [-0.05, 0) is 13.8 Å². The van der Waals surface area contributed by atoms with E-state index in [1.807, 2.05) is 0 Å². The van der Waals surface area contributed by atoms with Crippen LogP contribution in [0.3, 0.4) is 0 Å². The maximum absolute atomic E-state index is 11.3. The van der Waals surface area contributed by atoms with E-state index in [-0.39, 0.29) is 18.4 Å². The van der Waals surface area contributed by atoms with Gasteiger partial charge in [-0.15, -0.1) is 0 Å². The molecule has 6 heteroatoms. The van der Waals surface area contributed by atoms with Gasteiger partial charge >= 0.3 is 0 Å². The Balaban J connectivity index is 3.78. The first-order chi connectivity index (χ1) is 6.77. The van der Waals surface area contributed by atoms with Crippen molar-refractivity contribution >= 4 is 15.9 Å².